The van der Waals surface area contributed by atoms with E-state index in [9.17, 15) is 0 Å². The van der Waals surface area contributed by atoms with Gasteiger partial charge in [-0.3, -0.25) is 0 Å². The molecule has 3 saturated carbocycles. The second kappa shape index (κ2) is 3.87. The molecule has 0 heterocycles. The number of hydrogen-bond acceptors (Lipinski definition) is 0. The van der Waals surface area contributed by atoms with Crippen molar-refractivity contribution in [2.24, 2.45) is 17.3 Å². The summed E-state index contributed by atoms with van der Waals surface area (Å²) < 4.78 is 0. The molecule has 0 aromatic heterocycles. The van der Waals surface area contributed by atoms with Crippen LogP contribution in [-0.4, -0.2) is 0 Å². The fourth-order valence-corrected chi connectivity index (χ4v) is 2.42. The Bertz CT molecular complexity index is 118. The van der Waals surface area contributed by atoms with Gasteiger partial charge in [0.2, 0.25) is 0 Å². The first-order chi connectivity index (χ1) is 5.21. The van der Waals surface area contributed by atoms with Gasteiger partial charge in [0.05, 0.1) is 0 Å². The molecule has 0 aliphatic heterocycles. The van der Waals surface area contributed by atoms with E-state index in [1.165, 1.54) is 35.6 Å². The Kier molecular flexibility index (Phi) is 3.59. The summed E-state index contributed by atoms with van der Waals surface area (Å²) in [6.45, 7) is 4.86. The fraction of sp³-hybridized carbons (Fsp3) is 0.889. The molecule has 0 unspecified atom stereocenters. The van der Waals surface area contributed by atoms with Gasteiger partial charge in [-0.05, 0) is 5.41 Å². The molecule has 0 saturated heterocycles. The Morgan fingerprint density at radius 2 is 1.73 bits per heavy atom. The van der Waals surface area contributed by atoms with Gasteiger partial charge in [-0.1, -0.05) is 32.1 Å². The molecular weight excluding hydrogens is 253 g/mol. The van der Waals surface area contributed by atoms with Crippen LogP contribution in [0.4, 0.5) is 0 Å². The standard InChI is InChI=1S/C9H15.BrH.Zn/c1-9(2)7-4-3-5-8(9)6-7;;/h3,7-8H,4-6H2,1-2H3;1H;/q-1;;+2/p-1/t7-,8+;;. The van der Waals surface area contributed by atoms with Gasteiger partial charge in [-0.25, -0.2) is 0 Å². The normalized spacial score (nSPS) is 38.3. The van der Waals surface area contributed by atoms with Gasteiger partial charge in [-0.2, -0.15) is 12.8 Å². The minimum atomic E-state index is 0.703. The first-order valence-electron chi connectivity index (χ1n) is 4.29. The van der Waals surface area contributed by atoms with Crippen molar-refractivity contribution >= 4 is 13.6 Å². The molecule has 0 amide bonds. The van der Waals surface area contributed by atoms with Gasteiger partial charge in [0.1, 0.15) is 0 Å². The molecule has 0 radical (unpaired) electrons. The quantitative estimate of drug-likeness (QED) is 0.466. The molecule has 2 atom stereocenters. The molecule has 2 heteroatoms. The Balaban J connectivity index is 0.000000281. The minimum absolute atomic E-state index is 0.703. The van der Waals surface area contributed by atoms with Gasteiger partial charge in [0.25, 0.3) is 0 Å². The predicted molar refractivity (Wildman–Crippen MR) is 47.8 cm³/mol. The van der Waals surface area contributed by atoms with Crippen LogP contribution in [0.25, 0.3) is 0 Å². The molecule has 60 valence electrons. The van der Waals surface area contributed by atoms with Crippen molar-refractivity contribution in [3.05, 3.63) is 6.42 Å². The first kappa shape index (κ1) is 10.2. The molecule has 0 aromatic carbocycles. The fourth-order valence-electron chi connectivity index (χ4n) is 2.42. The second-order valence-corrected chi connectivity index (χ2v) is 4.21. The van der Waals surface area contributed by atoms with E-state index in [-0.39, 0.29) is 0 Å². The SMILES string of the molecule is CC1(C)[C@@H]2C[CH-]C[C@H]1C2.[Zn+][Br]. The van der Waals surface area contributed by atoms with E-state index >= 15 is 0 Å². The zero-order chi connectivity index (χ0) is 8.48. The van der Waals surface area contributed by atoms with Crippen LogP contribution in [0.15, 0.2) is 0 Å². The zero-order valence-electron chi connectivity index (χ0n) is 7.44. The molecule has 3 aliphatic rings. The molecule has 11 heavy (non-hydrogen) atoms. The molecule has 2 bridgehead atoms. The molecule has 3 rings (SSSR count). The summed E-state index contributed by atoms with van der Waals surface area (Å²) in [6.07, 6.45) is 6.78. The summed E-state index contributed by atoms with van der Waals surface area (Å²) in [5.41, 5.74) is 0.703. The summed E-state index contributed by atoms with van der Waals surface area (Å²) in [5, 5.41) is 0. The van der Waals surface area contributed by atoms with E-state index in [0.717, 1.165) is 11.8 Å². The van der Waals surface area contributed by atoms with E-state index in [4.69, 9.17) is 0 Å². The summed E-state index contributed by atoms with van der Waals surface area (Å²) in [4.78, 5) is 0. The third kappa shape index (κ3) is 1.72. The average molecular weight is 269 g/mol. The van der Waals surface area contributed by atoms with Crippen molar-refractivity contribution in [2.45, 2.75) is 33.1 Å². The van der Waals surface area contributed by atoms with Crippen LogP contribution in [0, 0.1) is 23.7 Å². The number of fused-ring (bicyclic) bond motifs is 2. The Labute approximate surface area is 86.5 Å². The van der Waals surface area contributed by atoms with Crippen LogP contribution in [-0.2, 0) is 16.3 Å². The monoisotopic (exact) mass is 266 g/mol. The molecule has 0 N–H and O–H groups in total. The van der Waals surface area contributed by atoms with E-state index in [2.05, 4.69) is 33.9 Å². The Hall–Kier alpha value is 1.10. The van der Waals surface area contributed by atoms with Crippen LogP contribution < -0.4 is 0 Å². The maximum absolute atomic E-state index is 3.06. The molecule has 0 spiro atoms. The summed E-state index contributed by atoms with van der Waals surface area (Å²) in [7, 11) is 0. The van der Waals surface area contributed by atoms with E-state index in [0.29, 0.717) is 5.41 Å². The van der Waals surface area contributed by atoms with Crippen LogP contribution in [0.3, 0.4) is 0 Å². The maximum atomic E-state index is 3.06. The molecule has 3 fully saturated rings. The van der Waals surface area contributed by atoms with Gasteiger partial charge in [0, 0.05) is 0 Å². The van der Waals surface area contributed by atoms with Gasteiger partial charge in [-0.15, -0.1) is 0 Å². The Morgan fingerprint density at radius 1 is 1.27 bits per heavy atom. The van der Waals surface area contributed by atoms with Crippen LogP contribution >= 0.6 is 13.6 Å². The van der Waals surface area contributed by atoms with E-state index < -0.39 is 0 Å². The van der Waals surface area contributed by atoms with Crippen molar-refractivity contribution in [3.8, 4) is 0 Å². The molecular formula is C9H15BrZn. The number of rotatable bonds is 0. The Morgan fingerprint density at radius 3 is 1.91 bits per heavy atom. The summed E-state index contributed by atoms with van der Waals surface area (Å²) in [5.74, 6) is 2.08. The van der Waals surface area contributed by atoms with Crippen LogP contribution in [0.1, 0.15) is 33.1 Å². The zero-order valence-corrected chi connectivity index (χ0v) is 12.0. The van der Waals surface area contributed by atoms with E-state index in [1.807, 2.05) is 0 Å². The number of hydrogen-bond donors (Lipinski definition) is 0. The van der Waals surface area contributed by atoms with E-state index in [1.54, 1.807) is 0 Å². The molecule has 3 aliphatic carbocycles. The van der Waals surface area contributed by atoms with Crippen molar-refractivity contribution in [1.29, 1.82) is 0 Å². The third-order valence-corrected chi connectivity index (χ3v) is 3.58. The second-order valence-electron chi connectivity index (χ2n) is 4.21. The first-order valence-corrected chi connectivity index (χ1v) is 11.2. The van der Waals surface area contributed by atoms with Crippen molar-refractivity contribution in [3.63, 3.8) is 0 Å². The topological polar surface area (TPSA) is 0 Å². The summed E-state index contributed by atoms with van der Waals surface area (Å²) in [6, 6.07) is 0. The third-order valence-electron chi connectivity index (χ3n) is 3.58. The van der Waals surface area contributed by atoms with Gasteiger partial charge >= 0.3 is 30.0 Å². The predicted octanol–water partition coefficient (Wildman–Crippen LogP) is 3.49. The van der Waals surface area contributed by atoms with Crippen LogP contribution in [0.2, 0.25) is 0 Å². The van der Waals surface area contributed by atoms with Crippen molar-refractivity contribution < 1.29 is 16.3 Å². The van der Waals surface area contributed by atoms with Gasteiger partial charge in [0.15, 0.2) is 0 Å². The molecule has 0 aromatic rings. The number of halogens is 1. The molecule has 0 nitrogen and oxygen atoms in total. The summed E-state index contributed by atoms with van der Waals surface area (Å²) >= 11 is 4.25. The average Bonchev–Trinajstić information content (AvgIpc) is 2.09. The van der Waals surface area contributed by atoms with Crippen molar-refractivity contribution in [1.82, 2.24) is 0 Å². The van der Waals surface area contributed by atoms with Crippen LogP contribution in [0.5, 0.6) is 0 Å². The van der Waals surface area contributed by atoms with Crippen molar-refractivity contribution in [2.75, 3.05) is 0 Å². The van der Waals surface area contributed by atoms with Gasteiger partial charge < -0.3 is 6.42 Å².